The summed E-state index contributed by atoms with van der Waals surface area (Å²) < 4.78 is 5.81. The lowest BCUT2D eigenvalue weighted by Gasteiger charge is -2.39. The normalized spacial score (nSPS) is 39.5. The molecule has 0 bridgehead atoms. The van der Waals surface area contributed by atoms with Crippen LogP contribution in [0.4, 0.5) is 0 Å². The van der Waals surface area contributed by atoms with Crippen LogP contribution in [0.15, 0.2) is 0 Å². The van der Waals surface area contributed by atoms with Gasteiger partial charge < -0.3 is 15.0 Å². The summed E-state index contributed by atoms with van der Waals surface area (Å²) in [5, 5.41) is 3.64. The minimum absolute atomic E-state index is 0.422. The second kappa shape index (κ2) is 6.17. The molecule has 2 rings (SSSR count). The molecule has 2 aliphatic heterocycles. The lowest BCUT2D eigenvalue weighted by atomic mass is 9.97. The van der Waals surface area contributed by atoms with Crippen molar-refractivity contribution in [2.75, 3.05) is 20.1 Å². The number of hydrogen-bond donors (Lipinski definition) is 1. The molecule has 2 heterocycles. The van der Waals surface area contributed by atoms with Crippen LogP contribution in [-0.4, -0.2) is 49.3 Å². The number of nitrogens with zero attached hydrogens (tertiary/aromatic N) is 1. The maximum atomic E-state index is 5.81. The largest absolute Gasteiger partial charge is 0.375 e. The topological polar surface area (TPSA) is 24.5 Å². The van der Waals surface area contributed by atoms with Gasteiger partial charge in [-0.25, -0.2) is 0 Å². The molecular weight excluding hydrogens is 212 g/mol. The molecule has 0 radical (unpaired) electrons. The summed E-state index contributed by atoms with van der Waals surface area (Å²) in [6, 6.07) is 1.42. The maximum Gasteiger partial charge on any atom is 0.0565 e. The van der Waals surface area contributed by atoms with E-state index in [-0.39, 0.29) is 0 Å². The van der Waals surface area contributed by atoms with Crippen LogP contribution in [0.2, 0.25) is 0 Å². The van der Waals surface area contributed by atoms with Crippen molar-refractivity contribution in [1.82, 2.24) is 10.2 Å². The summed E-state index contributed by atoms with van der Waals surface area (Å²) >= 11 is 0. The second-order valence-electron chi connectivity index (χ2n) is 5.97. The first-order chi connectivity index (χ1) is 8.15. The number of nitrogens with one attached hydrogen (secondary N) is 1. The molecule has 17 heavy (non-hydrogen) atoms. The zero-order chi connectivity index (χ0) is 12.3. The monoisotopic (exact) mass is 240 g/mol. The fraction of sp³-hybridized carbons (Fsp3) is 1.00. The summed E-state index contributed by atoms with van der Waals surface area (Å²) in [6.45, 7) is 6.81. The van der Waals surface area contributed by atoms with Gasteiger partial charge in [-0.1, -0.05) is 6.42 Å². The van der Waals surface area contributed by atoms with Crippen molar-refractivity contribution in [2.45, 2.75) is 70.2 Å². The molecule has 2 fully saturated rings. The molecule has 2 saturated heterocycles. The highest BCUT2D eigenvalue weighted by Gasteiger charge is 2.28. The second-order valence-corrected chi connectivity index (χ2v) is 5.97. The third-order valence-corrected chi connectivity index (χ3v) is 4.22. The molecule has 0 aromatic heterocycles. The van der Waals surface area contributed by atoms with Crippen LogP contribution in [0, 0.1) is 0 Å². The van der Waals surface area contributed by atoms with E-state index in [1.165, 1.54) is 45.2 Å². The molecule has 3 unspecified atom stereocenters. The molecule has 0 aliphatic carbocycles. The Bertz CT molecular complexity index is 218. The predicted molar refractivity (Wildman–Crippen MR) is 71.3 cm³/mol. The van der Waals surface area contributed by atoms with Crippen LogP contribution >= 0.6 is 0 Å². The van der Waals surface area contributed by atoms with Gasteiger partial charge in [-0.15, -0.1) is 0 Å². The Kier molecular flexibility index (Phi) is 4.83. The Morgan fingerprint density at radius 2 is 1.88 bits per heavy atom. The fourth-order valence-electron chi connectivity index (χ4n) is 3.31. The molecule has 0 amide bonds. The van der Waals surface area contributed by atoms with Crippen molar-refractivity contribution in [3.8, 4) is 0 Å². The molecule has 1 N–H and O–H groups in total. The molecule has 0 saturated carbocycles. The van der Waals surface area contributed by atoms with Crippen LogP contribution in [0.1, 0.15) is 46.0 Å². The van der Waals surface area contributed by atoms with Crippen LogP contribution < -0.4 is 5.32 Å². The van der Waals surface area contributed by atoms with Gasteiger partial charge >= 0.3 is 0 Å². The van der Waals surface area contributed by atoms with Crippen LogP contribution in [0.5, 0.6) is 0 Å². The van der Waals surface area contributed by atoms with Crippen LogP contribution in [-0.2, 0) is 4.74 Å². The van der Waals surface area contributed by atoms with Crippen molar-refractivity contribution >= 4 is 0 Å². The molecule has 100 valence electrons. The standard InChI is InChI=1S/C14H28N2O/c1-11-8-14(9-12(2)17-11)16(3)10-13-6-4-5-7-15-13/h11-15H,4-10H2,1-3H3. The molecular formula is C14H28N2O. The van der Waals surface area contributed by atoms with E-state index in [0.29, 0.717) is 24.3 Å². The third kappa shape index (κ3) is 3.94. The molecule has 3 nitrogen and oxygen atoms in total. The van der Waals surface area contributed by atoms with Crippen molar-refractivity contribution in [3.05, 3.63) is 0 Å². The third-order valence-electron chi connectivity index (χ3n) is 4.22. The number of piperidine rings is 1. The van der Waals surface area contributed by atoms with E-state index in [0.717, 1.165) is 0 Å². The Morgan fingerprint density at radius 3 is 2.47 bits per heavy atom. The zero-order valence-electron chi connectivity index (χ0n) is 11.6. The molecule has 0 aromatic carbocycles. The lowest BCUT2D eigenvalue weighted by Crippen LogP contribution is -2.48. The van der Waals surface area contributed by atoms with Gasteiger partial charge in [0, 0.05) is 18.6 Å². The van der Waals surface area contributed by atoms with E-state index in [9.17, 15) is 0 Å². The lowest BCUT2D eigenvalue weighted by molar-refractivity contribution is -0.0624. The summed E-state index contributed by atoms with van der Waals surface area (Å²) in [6.07, 6.45) is 7.31. The molecule has 2 aliphatic rings. The summed E-state index contributed by atoms with van der Waals surface area (Å²) in [5.74, 6) is 0. The average molecular weight is 240 g/mol. The van der Waals surface area contributed by atoms with Crippen molar-refractivity contribution in [2.24, 2.45) is 0 Å². The molecule has 3 atom stereocenters. The van der Waals surface area contributed by atoms with Gasteiger partial charge in [-0.3, -0.25) is 0 Å². The molecule has 0 aromatic rings. The first-order valence-corrected chi connectivity index (χ1v) is 7.24. The first kappa shape index (κ1) is 13.3. The highest BCUT2D eigenvalue weighted by molar-refractivity contribution is 4.83. The van der Waals surface area contributed by atoms with Gasteiger partial charge in [0.2, 0.25) is 0 Å². The number of ether oxygens (including phenoxy) is 1. The van der Waals surface area contributed by atoms with Crippen LogP contribution in [0.3, 0.4) is 0 Å². The van der Waals surface area contributed by atoms with Gasteiger partial charge in [0.1, 0.15) is 0 Å². The quantitative estimate of drug-likeness (QED) is 0.817. The highest BCUT2D eigenvalue weighted by Crippen LogP contribution is 2.23. The average Bonchev–Trinajstić information content (AvgIpc) is 2.29. The van der Waals surface area contributed by atoms with E-state index in [1.54, 1.807) is 0 Å². The Labute approximate surface area is 106 Å². The van der Waals surface area contributed by atoms with Gasteiger partial charge in [0.05, 0.1) is 12.2 Å². The fourth-order valence-corrected chi connectivity index (χ4v) is 3.31. The maximum absolute atomic E-state index is 5.81. The van der Waals surface area contributed by atoms with E-state index < -0.39 is 0 Å². The van der Waals surface area contributed by atoms with E-state index in [1.807, 2.05) is 0 Å². The zero-order valence-corrected chi connectivity index (χ0v) is 11.6. The first-order valence-electron chi connectivity index (χ1n) is 7.24. The minimum Gasteiger partial charge on any atom is -0.375 e. The van der Waals surface area contributed by atoms with Gasteiger partial charge in [0.15, 0.2) is 0 Å². The minimum atomic E-state index is 0.422. The smallest absolute Gasteiger partial charge is 0.0565 e. The SMILES string of the molecule is CC1CC(N(C)CC2CCCCN2)CC(C)O1. The van der Waals surface area contributed by atoms with Gasteiger partial charge in [-0.2, -0.15) is 0 Å². The Morgan fingerprint density at radius 1 is 1.18 bits per heavy atom. The summed E-state index contributed by atoms with van der Waals surface area (Å²) in [7, 11) is 2.28. The predicted octanol–water partition coefficient (Wildman–Crippen LogP) is 2.02. The summed E-state index contributed by atoms with van der Waals surface area (Å²) in [4.78, 5) is 2.55. The van der Waals surface area contributed by atoms with E-state index in [2.05, 4.69) is 31.1 Å². The van der Waals surface area contributed by atoms with Crippen LogP contribution in [0.25, 0.3) is 0 Å². The number of likely N-dealkylation sites (N-methyl/N-ethyl adjacent to an activating group) is 1. The summed E-state index contributed by atoms with van der Waals surface area (Å²) in [5.41, 5.74) is 0. The molecule has 3 heteroatoms. The highest BCUT2D eigenvalue weighted by atomic mass is 16.5. The van der Waals surface area contributed by atoms with Crippen molar-refractivity contribution in [1.29, 1.82) is 0 Å². The van der Waals surface area contributed by atoms with Crippen molar-refractivity contribution < 1.29 is 4.74 Å². The number of rotatable bonds is 3. The Balaban J connectivity index is 1.79. The Hall–Kier alpha value is -0.120. The van der Waals surface area contributed by atoms with Crippen molar-refractivity contribution in [3.63, 3.8) is 0 Å². The van der Waals surface area contributed by atoms with Gasteiger partial charge in [-0.05, 0) is 53.1 Å². The van der Waals surface area contributed by atoms with E-state index >= 15 is 0 Å². The van der Waals surface area contributed by atoms with Gasteiger partial charge in [0.25, 0.3) is 0 Å². The molecule has 0 spiro atoms. The number of hydrogen-bond acceptors (Lipinski definition) is 3. The van der Waals surface area contributed by atoms with E-state index in [4.69, 9.17) is 4.74 Å².